The van der Waals surface area contributed by atoms with Crippen molar-refractivity contribution in [3.8, 4) is 0 Å². The van der Waals surface area contributed by atoms with Gasteiger partial charge < -0.3 is 0 Å². The third kappa shape index (κ3) is 3.62. The van der Waals surface area contributed by atoms with Gasteiger partial charge in [-0.2, -0.15) is 0 Å². The zero-order valence-corrected chi connectivity index (χ0v) is 13.7. The van der Waals surface area contributed by atoms with Gasteiger partial charge in [-0.1, -0.05) is 29.3 Å². The molecule has 2 aromatic rings. The number of halogens is 1. The number of carbonyl (C=O) groups excluding carboxylic acids is 1. The first-order valence-electron chi connectivity index (χ1n) is 5.93. The summed E-state index contributed by atoms with van der Waals surface area (Å²) in [7, 11) is -3.81. The van der Waals surface area contributed by atoms with Crippen molar-refractivity contribution in [1.29, 1.82) is 0 Å². The summed E-state index contributed by atoms with van der Waals surface area (Å²) in [5.41, 5.74) is 3.87. The summed E-state index contributed by atoms with van der Waals surface area (Å²) in [6, 6.07) is 6.28. The highest BCUT2D eigenvalue weighted by Gasteiger charge is 2.18. The number of amides is 1. The minimum absolute atomic E-state index is 0.0712. The Kier molecular flexibility index (Phi) is 4.67. The van der Waals surface area contributed by atoms with Crippen LogP contribution >= 0.6 is 22.9 Å². The third-order valence-electron chi connectivity index (χ3n) is 2.74. The first kappa shape index (κ1) is 16.0. The molecular formula is C13H13ClN2O3S2. The van der Waals surface area contributed by atoms with Crippen molar-refractivity contribution in [1.82, 2.24) is 10.3 Å². The Labute approximate surface area is 132 Å². The molecule has 0 spiro atoms. The van der Waals surface area contributed by atoms with Crippen LogP contribution in [0.3, 0.4) is 0 Å². The lowest BCUT2D eigenvalue weighted by Gasteiger charge is -2.08. The monoisotopic (exact) mass is 344 g/mol. The quantitative estimate of drug-likeness (QED) is 0.837. The molecule has 2 N–H and O–H groups in total. The average Bonchev–Trinajstić information content (AvgIpc) is 2.77. The summed E-state index contributed by atoms with van der Waals surface area (Å²) < 4.78 is 24.0. The molecule has 21 heavy (non-hydrogen) atoms. The van der Waals surface area contributed by atoms with Gasteiger partial charge in [0.1, 0.15) is 4.88 Å². The van der Waals surface area contributed by atoms with Crippen molar-refractivity contribution < 1.29 is 13.2 Å². The van der Waals surface area contributed by atoms with Gasteiger partial charge >= 0.3 is 0 Å². The summed E-state index contributed by atoms with van der Waals surface area (Å²) in [4.78, 5) is 14.3. The molecular weight excluding hydrogens is 332 g/mol. The Morgan fingerprint density at radius 3 is 2.33 bits per heavy atom. The van der Waals surface area contributed by atoms with Crippen LogP contribution in [0, 0.1) is 13.8 Å². The summed E-state index contributed by atoms with van der Waals surface area (Å²) in [6.45, 7) is 3.62. The molecule has 1 aromatic heterocycles. The molecule has 0 aliphatic rings. The third-order valence-corrected chi connectivity index (χ3v) is 5.69. The zero-order chi connectivity index (χ0) is 15.6. The fourth-order valence-electron chi connectivity index (χ4n) is 1.53. The second kappa shape index (κ2) is 6.15. The number of benzene rings is 1. The number of thiophene rings is 1. The zero-order valence-electron chi connectivity index (χ0n) is 11.3. The molecule has 1 aromatic carbocycles. The predicted molar refractivity (Wildman–Crippen MR) is 83.0 cm³/mol. The normalized spacial score (nSPS) is 11.4. The van der Waals surface area contributed by atoms with Crippen molar-refractivity contribution in [3.05, 3.63) is 50.7 Å². The fourth-order valence-corrected chi connectivity index (χ4v) is 3.54. The van der Waals surface area contributed by atoms with Crippen LogP contribution in [-0.2, 0) is 10.0 Å². The number of rotatable bonds is 4. The van der Waals surface area contributed by atoms with Gasteiger partial charge in [0.05, 0.1) is 9.92 Å². The molecule has 1 heterocycles. The smallest absolute Gasteiger partial charge is 0.273 e. The molecule has 0 unspecified atom stereocenters. The molecule has 0 saturated heterocycles. The topological polar surface area (TPSA) is 75.3 Å². The molecule has 0 aliphatic carbocycles. The van der Waals surface area contributed by atoms with Crippen molar-refractivity contribution in [2.24, 2.45) is 0 Å². The first-order chi connectivity index (χ1) is 9.81. The minimum atomic E-state index is -3.81. The number of nitrogens with one attached hydrogen (secondary N) is 2. The minimum Gasteiger partial charge on any atom is -0.273 e. The van der Waals surface area contributed by atoms with Gasteiger partial charge in [0.25, 0.3) is 15.9 Å². The van der Waals surface area contributed by atoms with E-state index in [1.54, 1.807) is 24.4 Å². The number of hydrogen-bond acceptors (Lipinski definition) is 4. The van der Waals surface area contributed by atoms with E-state index in [-0.39, 0.29) is 9.77 Å². The number of sulfonamides is 1. The number of carbonyl (C=O) groups is 1. The molecule has 0 atom stereocenters. The van der Waals surface area contributed by atoms with Crippen LogP contribution in [0.1, 0.15) is 20.8 Å². The van der Waals surface area contributed by atoms with Gasteiger partial charge in [-0.3, -0.25) is 10.2 Å². The van der Waals surface area contributed by atoms with E-state index in [1.165, 1.54) is 12.1 Å². The highest BCUT2D eigenvalue weighted by atomic mass is 35.5. The van der Waals surface area contributed by atoms with Crippen LogP contribution in [0.2, 0.25) is 5.02 Å². The standard InChI is InChI=1S/C13H13ClN2O3S2/c1-8-3-5-10(6-4-8)21(18,19)16-15-13(17)12-11(14)9(2)7-20-12/h3-7,16H,1-2H3,(H,15,17). The number of hydrogen-bond donors (Lipinski definition) is 2. The second-order valence-electron chi connectivity index (χ2n) is 4.43. The van der Waals surface area contributed by atoms with Crippen LogP contribution in [0.15, 0.2) is 34.5 Å². The van der Waals surface area contributed by atoms with Crippen LogP contribution in [-0.4, -0.2) is 14.3 Å². The number of aryl methyl sites for hydroxylation is 2. The highest BCUT2D eigenvalue weighted by Crippen LogP contribution is 2.26. The second-order valence-corrected chi connectivity index (χ2v) is 7.37. The van der Waals surface area contributed by atoms with Gasteiger partial charge in [0.2, 0.25) is 0 Å². The average molecular weight is 345 g/mol. The Balaban J connectivity index is 2.10. The molecule has 0 bridgehead atoms. The maximum atomic E-state index is 12.0. The Bertz CT molecular complexity index is 767. The summed E-state index contributed by atoms with van der Waals surface area (Å²) in [5.74, 6) is -0.589. The Hall–Kier alpha value is -1.41. The van der Waals surface area contributed by atoms with Crippen molar-refractivity contribution in [2.45, 2.75) is 18.7 Å². The van der Waals surface area contributed by atoms with E-state index in [2.05, 4.69) is 10.3 Å². The van der Waals surface area contributed by atoms with E-state index in [4.69, 9.17) is 11.6 Å². The van der Waals surface area contributed by atoms with E-state index in [9.17, 15) is 13.2 Å². The van der Waals surface area contributed by atoms with Gasteiger partial charge in [0, 0.05) is 0 Å². The van der Waals surface area contributed by atoms with Crippen molar-refractivity contribution in [2.75, 3.05) is 0 Å². The molecule has 0 radical (unpaired) electrons. The van der Waals surface area contributed by atoms with Gasteiger partial charge in [-0.25, -0.2) is 8.42 Å². The van der Waals surface area contributed by atoms with E-state index >= 15 is 0 Å². The lowest BCUT2D eigenvalue weighted by atomic mass is 10.2. The summed E-state index contributed by atoms with van der Waals surface area (Å²) in [5, 5.41) is 2.05. The molecule has 8 heteroatoms. The predicted octanol–water partition coefficient (Wildman–Crippen LogP) is 2.64. The van der Waals surface area contributed by atoms with E-state index in [1.807, 2.05) is 6.92 Å². The highest BCUT2D eigenvalue weighted by molar-refractivity contribution is 7.89. The Morgan fingerprint density at radius 2 is 1.81 bits per heavy atom. The van der Waals surface area contributed by atoms with Crippen LogP contribution in [0.4, 0.5) is 0 Å². The molecule has 5 nitrogen and oxygen atoms in total. The summed E-state index contributed by atoms with van der Waals surface area (Å²) >= 11 is 7.11. The largest absolute Gasteiger partial charge is 0.277 e. The molecule has 0 saturated carbocycles. The molecule has 2 rings (SSSR count). The van der Waals surface area contributed by atoms with E-state index < -0.39 is 15.9 Å². The lowest BCUT2D eigenvalue weighted by molar-refractivity contribution is 0.0949. The lowest BCUT2D eigenvalue weighted by Crippen LogP contribution is -2.41. The van der Waals surface area contributed by atoms with E-state index in [0.717, 1.165) is 22.5 Å². The fraction of sp³-hybridized carbons (Fsp3) is 0.154. The molecule has 1 amide bonds. The SMILES string of the molecule is Cc1ccc(S(=O)(=O)NNC(=O)c2scc(C)c2Cl)cc1. The Morgan fingerprint density at radius 1 is 1.19 bits per heavy atom. The molecule has 112 valence electrons. The van der Waals surface area contributed by atoms with Crippen LogP contribution < -0.4 is 10.3 Å². The van der Waals surface area contributed by atoms with Gasteiger partial charge in [0.15, 0.2) is 0 Å². The first-order valence-corrected chi connectivity index (χ1v) is 8.68. The maximum absolute atomic E-state index is 12.0. The van der Waals surface area contributed by atoms with Gasteiger partial charge in [-0.15, -0.1) is 16.2 Å². The maximum Gasteiger partial charge on any atom is 0.277 e. The molecule has 0 aliphatic heterocycles. The van der Waals surface area contributed by atoms with Crippen LogP contribution in [0.25, 0.3) is 0 Å². The van der Waals surface area contributed by atoms with Crippen molar-refractivity contribution in [3.63, 3.8) is 0 Å². The van der Waals surface area contributed by atoms with Crippen LogP contribution in [0.5, 0.6) is 0 Å². The number of hydrazine groups is 1. The van der Waals surface area contributed by atoms with Crippen molar-refractivity contribution >= 4 is 38.9 Å². The molecule has 0 fully saturated rings. The van der Waals surface area contributed by atoms with Gasteiger partial charge in [-0.05, 0) is 36.9 Å². The summed E-state index contributed by atoms with van der Waals surface area (Å²) in [6.07, 6.45) is 0. The van der Waals surface area contributed by atoms with E-state index in [0.29, 0.717) is 5.02 Å².